The molecule has 0 spiro atoms. The van der Waals surface area contributed by atoms with Crippen molar-refractivity contribution >= 4 is 35.8 Å². The van der Waals surface area contributed by atoms with Crippen LogP contribution in [-0.4, -0.2) is 10.2 Å². The van der Waals surface area contributed by atoms with E-state index in [-0.39, 0.29) is 37.7 Å². The Morgan fingerprint density at radius 3 is 1.44 bits per heavy atom. The van der Waals surface area contributed by atoms with Crippen LogP contribution in [0.25, 0.3) is 0 Å². The summed E-state index contributed by atoms with van der Waals surface area (Å²) in [6.07, 6.45) is 0. The van der Waals surface area contributed by atoms with Crippen molar-refractivity contribution in [3.63, 3.8) is 0 Å². The number of aromatic nitrogens is 2. The summed E-state index contributed by atoms with van der Waals surface area (Å²) in [5, 5.41) is 5.34. The summed E-state index contributed by atoms with van der Waals surface area (Å²) in [6.45, 7) is 0. The summed E-state index contributed by atoms with van der Waals surface area (Å²) in [5.74, 6) is 0. The van der Waals surface area contributed by atoms with Gasteiger partial charge in [0.15, 0.2) is 7.91 Å². The molecule has 1 rings (SSSR count). The van der Waals surface area contributed by atoms with Crippen molar-refractivity contribution in [1.82, 2.24) is 10.2 Å². The van der Waals surface area contributed by atoms with Gasteiger partial charge in [-0.05, 0) is 24.4 Å². The van der Waals surface area contributed by atoms with E-state index >= 15 is 0 Å². The molecule has 0 saturated heterocycles. The Bertz CT molecular complexity index is 222. The molecule has 0 fully saturated rings. The zero-order chi connectivity index (χ0) is 5.28. The molecule has 0 aromatic carbocycles. The minimum atomic E-state index is 0. The van der Waals surface area contributed by atoms with Crippen LogP contribution in [-0.2, 0) is 0 Å². The molecule has 1 heterocycles. The molecule has 0 unspecified atom stereocenters. The monoisotopic (exact) mass is 164 g/mol. The average Bonchev–Trinajstić information content (AvgIpc) is 1.87. The number of H-pyrrole nitrogens is 2. The molecule has 2 N–H and O–H groups in total. The van der Waals surface area contributed by atoms with Crippen LogP contribution in [0.4, 0.5) is 0 Å². The van der Waals surface area contributed by atoms with Gasteiger partial charge in [-0.25, -0.2) is 0 Å². The Labute approximate surface area is 90.8 Å². The first-order valence-corrected chi connectivity index (χ1v) is 3.20. The van der Waals surface area contributed by atoms with Gasteiger partial charge in [0.25, 0.3) is 0 Å². The van der Waals surface area contributed by atoms with E-state index in [2.05, 4.69) is 10.2 Å². The first-order valence-electron chi connectivity index (χ1n) is 1.57. The molecule has 2 nitrogen and oxygen atoms in total. The molecule has 0 aliphatic carbocycles. The van der Waals surface area contributed by atoms with Crippen LogP contribution < -0.4 is 37.7 Å². The zero-order valence-electron chi connectivity index (χ0n) is 5.22. The summed E-state index contributed by atoms with van der Waals surface area (Å²) in [7, 11) is 0. The van der Waals surface area contributed by atoms with Gasteiger partial charge in [0.2, 0.25) is 0 Å². The molecule has 0 amide bonds. The van der Waals surface area contributed by atoms with Crippen LogP contribution >= 0.6 is 35.8 Å². The molecule has 0 aliphatic rings. The summed E-state index contributed by atoms with van der Waals surface area (Å²) in [5.41, 5.74) is 0. The van der Waals surface area contributed by atoms with Gasteiger partial charge < -0.3 is 0 Å². The Balaban J connectivity index is 0. The maximum Gasteiger partial charge on any atom is 1.00 e. The Morgan fingerprint density at radius 1 is 1.00 bits per heavy atom. The molecule has 0 aliphatic heterocycles. The topological polar surface area (TPSA) is 31.6 Å². The fourth-order valence-electron chi connectivity index (χ4n) is 0.237. The summed E-state index contributed by atoms with van der Waals surface area (Å²) >= 11 is 10.8. The van der Waals surface area contributed by atoms with E-state index in [0.29, 0.717) is 7.91 Å². The average molecular weight is 164 g/mol. The minimum Gasteiger partial charge on any atom is -0.281 e. The van der Waals surface area contributed by atoms with E-state index in [9.17, 15) is 0 Å². The molecular weight excluding hydrogens is 162 g/mol. The molecule has 0 radical (unpaired) electrons. The second-order valence-corrected chi connectivity index (χ2v) is 3.28. The number of hydrogen-bond acceptors (Lipinski definition) is 3. The Kier molecular flexibility index (Phi) is 8.47. The predicted octanol–water partition coefficient (Wildman–Crippen LogP) is -4.13. The summed E-state index contributed by atoms with van der Waals surface area (Å²) in [6, 6.07) is 0. The van der Waals surface area contributed by atoms with E-state index in [4.69, 9.17) is 24.4 Å². The van der Waals surface area contributed by atoms with Crippen LogP contribution in [0.1, 0.15) is 0 Å². The molecule has 1 aromatic rings. The third kappa shape index (κ3) is 4.58. The molecule has 0 saturated carbocycles. The minimum absolute atomic E-state index is 0. The van der Waals surface area contributed by atoms with Gasteiger partial charge in [0, 0.05) is 0 Å². The molecule has 9 heavy (non-hydrogen) atoms. The van der Waals surface area contributed by atoms with Crippen molar-refractivity contribution < 1.29 is 37.7 Å². The van der Waals surface area contributed by atoms with E-state index in [1.165, 1.54) is 11.3 Å². The van der Waals surface area contributed by atoms with Crippen LogP contribution in [0.15, 0.2) is 0 Å². The van der Waals surface area contributed by atoms with Gasteiger partial charge in [-0.3, -0.25) is 10.2 Å². The van der Waals surface area contributed by atoms with Crippen LogP contribution in [0, 0.1) is 7.91 Å². The molecule has 0 bridgehead atoms. The van der Waals surface area contributed by atoms with E-state index in [1.807, 2.05) is 0 Å². The number of hydrogen-bond donors (Lipinski definition) is 2. The summed E-state index contributed by atoms with van der Waals surface area (Å²) in [4.78, 5) is 0. The second kappa shape index (κ2) is 5.94. The van der Waals surface area contributed by atoms with Crippen LogP contribution in [0.2, 0.25) is 0 Å². The number of aromatic amines is 2. The smallest absolute Gasteiger partial charge is 0.281 e. The fourth-order valence-corrected chi connectivity index (χ4v) is 1.37. The van der Waals surface area contributed by atoms with Crippen molar-refractivity contribution in [2.75, 3.05) is 0 Å². The molecule has 0 atom stereocenters. The SMILES string of the molecule is S=c1[nH][nH]c(=S)s1.[Li+].[Li+]. The third-order valence-electron chi connectivity index (χ3n) is 0.452. The largest absolute Gasteiger partial charge is 1.00 e. The zero-order valence-corrected chi connectivity index (χ0v) is 7.67. The molecule has 1 aromatic heterocycles. The van der Waals surface area contributed by atoms with Crippen LogP contribution in [0.5, 0.6) is 0 Å². The predicted molar refractivity (Wildman–Crippen MR) is 34.7 cm³/mol. The van der Waals surface area contributed by atoms with Gasteiger partial charge in [0.1, 0.15) is 0 Å². The van der Waals surface area contributed by atoms with Gasteiger partial charge in [-0.15, -0.1) is 0 Å². The first-order chi connectivity index (χ1) is 3.29. The number of nitrogens with one attached hydrogen (secondary N) is 2. The van der Waals surface area contributed by atoms with Crippen molar-refractivity contribution in [3.8, 4) is 0 Å². The maximum absolute atomic E-state index is 4.70. The second-order valence-electron chi connectivity index (χ2n) is 0.927. The van der Waals surface area contributed by atoms with Crippen molar-refractivity contribution in [2.24, 2.45) is 0 Å². The van der Waals surface area contributed by atoms with Crippen molar-refractivity contribution in [2.45, 2.75) is 0 Å². The van der Waals surface area contributed by atoms with Gasteiger partial charge >= 0.3 is 37.7 Å². The Morgan fingerprint density at radius 2 is 1.33 bits per heavy atom. The van der Waals surface area contributed by atoms with Gasteiger partial charge in [-0.1, -0.05) is 11.3 Å². The Hall–Kier alpha value is 1.19. The molecular formula is C2H2Li2N2S3+2. The standard InChI is InChI=1S/C2H2N2S3.2Li/c5-1-3-4-2(6)7-1;;/h(H,3,5)(H,4,6);;/q;2*+1. The maximum atomic E-state index is 4.70. The third-order valence-corrected chi connectivity index (χ3v) is 1.73. The van der Waals surface area contributed by atoms with Gasteiger partial charge in [0.05, 0.1) is 0 Å². The van der Waals surface area contributed by atoms with Crippen molar-refractivity contribution in [1.29, 1.82) is 0 Å². The van der Waals surface area contributed by atoms with E-state index in [0.717, 1.165) is 0 Å². The fraction of sp³-hybridized carbons (Fsp3) is 0. The first kappa shape index (κ1) is 12.8. The quantitative estimate of drug-likeness (QED) is 0.301. The summed E-state index contributed by atoms with van der Waals surface area (Å²) < 4.78 is 1.40. The normalized spacial score (nSPS) is 7.11. The number of rotatable bonds is 0. The molecule has 38 valence electrons. The van der Waals surface area contributed by atoms with E-state index < -0.39 is 0 Å². The van der Waals surface area contributed by atoms with E-state index in [1.54, 1.807) is 0 Å². The molecule has 7 heteroatoms. The van der Waals surface area contributed by atoms with Crippen LogP contribution in [0.3, 0.4) is 0 Å². The van der Waals surface area contributed by atoms with Gasteiger partial charge in [-0.2, -0.15) is 0 Å². The van der Waals surface area contributed by atoms with Crippen molar-refractivity contribution in [3.05, 3.63) is 7.91 Å².